The van der Waals surface area contributed by atoms with Crippen molar-refractivity contribution in [1.29, 1.82) is 0 Å². The highest BCUT2D eigenvalue weighted by Gasteiger charge is 2.33. The van der Waals surface area contributed by atoms with Gasteiger partial charge in [0.25, 0.3) is 0 Å². The summed E-state index contributed by atoms with van der Waals surface area (Å²) in [4.78, 5) is 12.3. The molecule has 3 heterocycles. The molecule has 1 saturated carbocycles. The molecule has 1 unspecified atom stereocenters. The average molecular weight is 582 g/mol. The molecule has 3 nitrogen and oxygen atoms in total. The summed E-state index contributed by atoms with van der Waals surface area (Å²) in [6.07, 6.45) is 8.64. The van der Waals surface area contributed by atoms with Crippen LogP contribution in [-0.2, 0) is 19.3 Å². The number of aryl methyl sites for hydroxylation is 2. The van der Waals surface area contributed by atoms with Crippen molar-refractivity contribution in [2.75, 3.05) is 0 Å². The van der Waals surface area contributed by atoms with Crippen LogP contribution in [-0.4, -0.2) is 14.5 Å². The first-order chi connectivity index (χ1) is 21.8. The first-order valence-corrected chi connectivity index (χ1v) is 16.6. The molecule has 1 atom stereocenters. The zero-order valence-electron chi connectivity index (χ0n) is 24.1. The Balaban J connectivity index is 1.35. The van der Waals surface area contributed by atoms with Crippen molar-refractivity contribution in [2.24, 2.45) is 5.92 Å². The number of rotatable bonds is 2. The zero-order valence-corrected chi connectivity index (χ0v) is 24.9. The van der Waals surface area contributed by atoms with Crippen molar-refractivity contribution < 1.29 is 0 Å². The second-order valence-corrected chi connectivity index (χ2v) is 13.9. The summed E-state index contributed by atoms with van der Waals surface area (Å²) in [5, 5.41) is 7.84. The predicted molar refractivity (Wildman–Crippen MR) is 184 cm³/mol. The summed E-state index contributed by atoms with van der Waals surface area (Å²) in [5.74, 6) is 1.49. The largest absolute Gasteiger partial charge is 0.277 e. The van der Waals surface area contributed by atoms with Crippen molar-refractivity contribution in [2.45, 2.75) is 32.1 Å². The number of aromatic nitrogens is 3. The second kappa shape index (κ2) is 8.43. The normalized spacial score (nSPS) is 17.0. The lowest BCUT2D eigenvalue weighted by atomic mass is 9.72. The van der Waals surface area contributed by atoms with E-state index in [1.165, 1.54) is 78.6 Å². The SMILES string of the molecule is C1=C2CCC2Cc2sc3c(c21)c1ccccc1c1c3c2cc3c(cc2n1-c1nc(-c2ccccc2)c2ccccc2n1)CC3. The summed E-state index contributed by atoms with van der Waals surface area (Å²) in [5.41, 5.74) is 11.6. The Hall–Kier alpha value is -4.80. The zero-order chi connectivity index (χ0) is 28.5. The molecule has 208 valence electrons. The molecule has 0 amide bonds. The van der Waals surface area contributed by atoms with Crippen LogP contribution in [0.4, 0.5) is 0 Å². The Morgan fingerprint density at radius 1 is 0.705 bits per heavy atom. The van der Waals surface area contributed by atoms with Gasteiger partial charge in [0.15, 0.2) is 0 Å². The van der Waals surface area contributed by atoms with Gasteiger partial charge in [-0.05, 0) is 78.3 Å². The molecule has 0 aliphatic heterocycles. The Bertz CT molecular complexity index is 2580. The molecular weight excluding hydrogens is 555 g/mol. The van der Waals surface area contributed by atoms with Crippen LogP contribution in [0.2, 0.25) is 0 Å². The average Bonchev–Trinajstić information content (AvgIpc) is 3.58. The van der Waals surface area contributed by atoms with E-state index < -0.39 is 0 Å². The fourth-order valence-corrected chi connectivity index (χ4v) is 9.58. The summed E-state index contributed by atoms with van der Waals surface area (Å²) in [6.45, 7) is 0. The second-order valence-electron chi connectivity index (χ2n) is 12.8. The highest BCUT2D eigenvalue weighted by Crippen LogP contribution is 2.52. The minimum Gasteiger partial charge on any atom is -0.277 e. The van der Waals surface area contributed by atoms with E-state index in [1.807, 2.05) is 11.3 Å². The monoisotopic (exact) mass is 581 g/mol. The predicted octanol–water partition coefficient (Wildman–Crippen LogP) is 10.2. The maximum absolute atomic E-state index is 5.41. The van der Waals surface area contributed by atoms with Gasteiger partial charge in [0.1, 0.15) is 0 Å². The Morgan fingerprint density at radius 3 is 2.30 bits per heavy atom. The third-order valence-corrected chi connectivity index (χ3v) is 11.8. The van der Waals surface area contributed by atoms with Crippen molar-refractivity contribution in [1.82, 2.24) is 14.5 Å². The van der Waals surface area contributed by atoms with Gasteiger partial charge in [0.05, 0.1) is 22.2 Å². The molecule has 3 aliphatic carbocycles. The van der Waals surface area contributed by atoms with Gasteiger partial charge in [-0.15, -0.1) is 11.3 Å². The molecule has 3 aliphatic rings. The molecule has 1 fully saturated rings. The van der Waals surface area contributed by atoms with Crippen LogP contribution in [0.25, 0.3) is 76.8 Å². The van der Waals surface area contributed by atoms with Gasteiger partial charge in [-0.2, -0.15) is 0 Å². The summed E-state index contributed by atoms with van der Waals surface area (Å²) in [7, 11) is 0. The Kier molecular flexibility index (Phi) is 4.53. The minimum absolute atomic E-state index is 0.743. The number of thiophene rings is 1. The number of allylic oxidation sites excluding steroid dienone is 1. The summed E-state index contributed by atoms with van der Waals surface area (Å²) < 4.78 is 3.82. The molecular formula is C40H27N3S. The van der Waals surface area contributed by atoms with Gasteiger partial charge in [-0.1, -0.05) is 84.4 Å². The van der Waals surface area contributed by atoms with Crippen LogP contribution in [0.15, 0.2) is 96.6 Å². The minimum atomic E-state index is 0.743. The maximum atomic E-state index is 5.41. The third-order valence-electron chi connectivity index (χ3n) is 10.6. The van der Waals surface area contributed by atoms with Gasteiger partial charge in [0, 0.05) is 42.1 Å². The van der Waals surface area contributed by atoms with Crippen LogP contribution in [0.5, 0.6) is 0 Å². The Labute approximate surface area is 258 Å². The van der Waals surface area contributed by atoms with Gasteiger partial charge < -0.3 is 0 Å². The van der Waals surface area contributed by atoms with E-state index >= 15 is 0 Å². The van der Waals surface area contributed by atoms with E-state index in [1.54, 1.807) is 10.5 Å². The van der Waals surface area contributed by atoms with Crippen LogP contribution < -0.4 is 0 Å². The lowest BCUT2D eigenvalue weighted by Crippen LogP contribution is -2.20. The quantitative estimate of drug-likeness (QED) is 0.203. The van der Waals surface area contributed by atoms with Crippen molar-refractivity contribution >= 4 is 71.0 Å². The maximum Gasteiger partial charge on any atom is 0.235 e. The standard InChI is InChI=1S/C40H27N3S/c1-2-8-22(9-3-1)37-29-12-6-7-13-32(29)41-40(42-37)43-33-20-25-16-14-23(25)18-30(33)36-38(43)28-11-5-4-10-27(28)35-31-19-24-15-17-26(24)21-34(31)44-39(35)36/h1-13,18-20,26H,14-17,21H2. The van der Waals surface area contributed by atoms with Crippen molar-refractivity contribution in [3.63, 3.8) is 0 Å². The van der Waals surface area contributed by atoms with E-state index in [0.29, 0.717) is 0 Å². The highest BCUT2D eigenvalue weighted by molar-refractivity contribution is 7.20. The molecule has 44 heavy (non-hydrogen) atoms. The Morgan fingerprint density at radius 2 is 1.48 bits per heavy atom. The van der Waals surface area contributed by atoms with Gasteiger partial charge >= 0.3 is 0 Å². The molecule has 11 rings (SSSR count). The number of nitrogens with zero attached hydrogens (tertiary/aromatic N) is 3. The molecule has 0 N–H and O–H groups in total. The van der Waals surface area contributed by atoms with E-state index in [0.717, 1.165) is 46.9 Å². The first-order valence-electron chi connectivity index (χ1n) is 15.8. The van der Waals surface area contributed by atoms with Crippen LogP contribution in [0, 0.1) is 5.92 Å². The molecule has 0 radical (unpaired) electrons. The fraction of sp³-hybridized carbons (Fsp3) is 0.150. The van der Waals surface area contributed by atoms with Crippen LogP contribution >= 0.6 is 11.3 Å². The number of fused-ring (bicyclic) bond motifs is 13. The van der Waals surface area contributed by atoms with Gasteiger partial charge in [0.2, 0.25) is 5.95 Å². The molecule has 4 heteroatoms. The van der Waals surface area contributed by atoms with Crippen LogP contribution in [0.1, 0.15) is 34.4 Å². The van der Waals surface area contributed by atoms with E-state index in [-0.39, 0.29) is 0 Å². The third kappa shape index (κ3) is 3.01. The number of hydrogen-bond acceptors (Lipinski definition) is 3. The lowest BCUT2D eigenvalue weighted by molar-refractivity contribution is 0.443. The number of benzene rings is 5. The van der Waals surface area contributed by atoms with E-state index in [9.17, 15) is 0 Å². The van der Waals surface area contributed by atoms with Crippen LogP contribution in [0.3, 0.4) is 0 Å². The van der Waals surface area contributed by atoms with Gasteiger partial charge in [-0.3, -0.25) is 4.57 Å². The van der Waals surface area contributed by atoms with Gasteiger partial charge in [-0.25, -0.2) is 9.97 Å². The number of hydrogen-bond donors (Lipinski definition) is 0. The van der Waals surface area contributed by atoms with Crippen molar-refractivity contribution in [3.8, 4) is 17.2 Å². The van der Waals surface area contributed by atoms with E-state index in [4.69, 9.17) is 9.97 Å². The molecule has 5 aromatic carbocycles. The first kappa shape index (κ1) is 23.6. The molecule has 0 bridgehead atoms. The van der Waals surface area contributed by atoms with Crippen molar-refractivity contribution in [3.05, 3.63) is 118 Å². The summed E-state index contributed by atoms with van der Waals surface area (Å²) in [6, 6.07) is 33.0. The number of para-hydroxylation sites is 1. The smallest absolute Gasteiger partial charge is 0.235 e. The fourth-order valence-electron chi connectivity index (χ4n) is 8.15. The van der Waals surface area contributed by atoms with E-state index in [2.05, 4.69) is 102 Å². The lowest BCUT2D eigenvalue weighted by Gasteiger charge is -2.33. The molecule has 0 spiro atoms. The topological polar surface area (TPSA) is 30.7 Å². The summed E-state index contributed by atoms with van der Waals surface area (Å²) >= 11 is 2.04. The highest BCUT2D eigenvalue weighted by atomic mass is 32.1. The molecule has 3 aromatic heterocycles. The molecule has 8 aromatic rings. The molecule has 0 saturated heterocycles.